The molecule has 2 heterocycles. The minimum atomic E-state index is -4.02. The molecule has 0 aliphatic heterocycles. The largest absolute Gasteiger partial charge is 0.513 e. The van der Waals surface area contributed by atoms with Crippen molar-refractivity contribution in [2.75, 3.05) is 0 Å². The molecule has 9 aromatic rings. The van der Waals surface area contributed by atoms with Crippen molar-refractivity contribution in [2.45, 2.75) is 118 Å². The summed E-state index contributed by atoms with van der Waals surface area (Å²) in [6.07, 6.45) is 0. The number of fused-ring (bicyclic) bond motifs is 1. The van der Waals surface area contributed by atoms with Gasteiger partial charge in [0, 0.05) is 39.0 Å². The van der Waals surface area contributed by atoms with Crippen LogP contribution in [0.25, 0.3) is 83.9 Å². The van der Waals surface area contributed by atoms with Crippen molar-refractivity contribution in [3.8, 4) is 102 Å². The number of pyridine rings is 1. The fourth-order valence-electron chi connectivity index (χ4n) is 9.35. The number of rotatable bonds is 9. The second-order valence-corrected chi connectivity index (χ2v) is 21.7. The molecule has 0 radical (unpaired) electrons. The number of para-hydroxylation sites is 1. The van der Waals surface area contributed by atoms with Gasteiger partial charge in [-0.1, -0.05) is 203 Å². The van der Waals surface area contributed by atoms with Gasteiger partial charge in [0.25, 0.3) is 0 Å². The van der Waals surface area contributed by atoms with E-state index in [9.17, 15) is 25.5 Å². The summed E-state index contributed by atoms with van der Waals surface area (Å²) >= 11 is 0. The number of aromatic hydroxyl groups is 5. The fourth-order valence-corrected chi connectivity index (χ4v) is 9.35. The van der Waals surface area contributed by atoms with Gasteiger partial charge in [-0.15, -0.1) is 23.8 Å². The maximum Gasteiger partial charge on any atom is 0.248 e. The zero-order valence-electron chi connectivity index (χ0n) is 55.5. The topological polar surface area (TPSA) is 132 Å². The van der Waals surface area contributed by atoms with Crippen molar-refractivity contribution in [2.24, 2.45) is 0 Å². The van der Waals surface area contributed by atoms with E-state index in [1.807, 2.05) is 80.6 Å². The average Bonchev–Trinajstić information content (AvgIpc) is 1.08. The van der Waals surface area contributed by atoms with Gasteiger partial charge in [0.05, 0.1) is 37.7 Å². The average molecular weight is 1190 g/mol. The van der Waals surface area contributed by atoms with E-state index >= 15 is 0 Å². The van der Waals surface area contributed by atoms with Gasteiger partial charge in [-0.25, -0.2) is 9.97 Å². The third-order valence-electron chi connectivity index (χ3n) is 13.6. The Labute approximate surface area is 473 Å². The van der Waals surface area contributed by atoms with Crippen molar-refractivity contribution in [3.05, 3.63) is 167 Å². The number of nitrogens with zero attached hydrogens (tertiary/aromatic N) is 3. The van der Waals surface area contributed by atoms with Gasteiger partial charge in [0.1, 0.15) is 23.1 Å². The van der Waals surface area contributed by atoms with Gasteiger partial charge in [0.2, 0.25) is 5.88 Å². The standard InChI is InChI=1S/C66H68N3O5.Pt/c1-37(2)42-33-50(38(3)4)59(71)51(34-42)62-67-58-49(20-17-21-53(58)69(62)54-36-47(65(8,9)10)27-28-48(54)40-22-25-46(26-23-40)64(5,6)7)44-30-43(39-18-15-14-16-19-39)31-45(32-44)57-60(72)56(61(73)63(74)68-57)41-24-29-52(55(70)35-41)66(11,12)13;/h14-31,33-38,70-73H,1-13H3,(H,68,74);/q-1;/i11D3,12D3,13D3,24D,29D,35D;. The summed E-state index contributed by atoms with van der Waals surface area (Å²) in [5, 5.41) is 59.8. The third kappa shape index (κ3) is 10.3. The molecule has 7 aromatic carbocycles. The first kappa shape index (κ1) is 40.2. The van der Waals surface area contributed by atoms with Crippen LogP contribution in [0.15, 0.2) is 133 Å². The van der Waals surface area contributed by atoms with E-state index in [0.29, 0.717) is 44.7 Å². The molecule has 0 aliphatic carbocycles. The van der Waals surface area contributed by atoms with E-state index in [2.05, 4.69) is 113 Å². The van der Waals surface area contributed by atoms with Crippen LogP contribution in [0.2, 0.25) is 0 Å². The monoisotopic (exact) mass is 1190 g/mol. The summed E-state index contributed by atoms with van der Waals surface area (Å²) < 4.78 is 104. The minimum Gasteiger partial charge on any atom is -0.513 e. The molecule has 388 valence electrons. The zero-order valence-corrected chi connectivity index (χ0v) is 45.8. The second-order valence-electron chi connectivity index (χ2n) is 21.7. The molecule has 75 heavy (non-hydrogen) atoms. The van der Waals surface area contributed by atoms with Crippen LogP contribution in [0.5, 0.6) is 28.9 Å². The van der Waals surface area contributed by atoms with Gasteiger partial charge in [-0.05, 0) is 96.8 Å². The van der Waals surface area contributed by atoms with Crippen LogP contribution >= 0.6 is 0 Å². The second kappa shape index (κ2) is 20.2. The molecule has 5 N–H and O–H groups in total. The fraction of sp³-hybridized carbons (Fsp3) is 0.273. The van der Waals surface area contributed by atoms with Crippen LogP contribution in [-0.4, -0.2) is 40.1 Å². The van der Waals surface area contributed by atoms with Crippen LogP contribution in [-0.2, 0) is 37.3 Å². The maximum atomic E-state index is 12.5. The summed E-state index contributed by atoms with van der Waals surface area (Å²) in [5.74, 6) is -4.66. The van der Waals surface area contributed by atoms with Crippen LogP contribution in [0, 0.1) is 6.07 Å². The van der Waals surface area contributed by atoms with Crippen molar-refractivity contribution in [3.63, 3.8) is 0 Å². The Morgan fingerprint density at radius 3 is 1.88 bits per heavy atom. The Balaban J connectivity index is 0.00000982. The number of benzene rings is 7. The van der Waals surface area contributed by atoms with Crippen LogP contribution in [0.1, 0.15) is 146 Å². The Morgan fingerprint density at radius 1 is 0.573 bits per heavy atom. The molecule has 8 nitrogen and oxygen atoms in total. The number of imidazole rings is 1. The van der Waals surface area contributed by atoms with Crippen molar-refractivity contribution in [1.29, 1.82) is 0 Å². The molecule has 0 amide bonds. The molecule has 0 atom stereocenters. The van der Waals surface area contributed by atoms with Gasteiger partial charge in [-0.2, -0.15) is 0 Å². The van der Waals surface area contributed by atoms with E-state index in [-0.39, 0.29) is 55.0 Å². The summed E-state index contributed by atoms with van der Waals surface area (Å²) in [5.41, 5.74) is 1.53. The van der Waals surface area contributed by atoms with E-state index in [1.165, 1.54) is 0 Å². The van der Waals surface area contributed by atoms with Crippen LogP contribution in [0.4, 0.5) is 0 Å². The van der Waals surface area contributed by atoms with E-state index in [1.54, 1.807) is 6.07 Å². The van der Waals surface area contributed by atoms with Gasteiger partial charge < -0.3 is 25.5 Å². The Hall–Kier alpha value is -7.15. The third-order valence-corrected chi connectivity index (χ3v) is 13.6. The normalized spacial score (nSPS) is 15.0. The number of hydrogen-bond acceptors (Lipinski definition) is 7. The van der Waals surface area contributed by atoms with Crippen molar-refractivity contribution < 1.29 is 63.0 Å². The SMILES string of the molecule is [2H]c1c([2H])c(C(C([2H])([2H])[2H])(C([2H])([2H])[2H])C([2H])([2H])[2H])c(O)c([2H])c1-c1c(O)c(O)nc(-c2[c-]c(-c3cccc4c3nc(-c3cc(C(C)C)cc(C(C)C)c3O)n4-c3cc(C(C)(C)C)ccc3-c3ccc(C(C)(C)C)cc3)cc(-c3ccccc3)c2)c1O.[Pt]. The summed E-state index contributed by atoms with van der Waals surface area (Å²) in [4.78, 5) is 9.71. The quantitative estimate of drug-likeness (QED) is 0.0910. The molecule has 0 fully saturated rings. The molecule has 0 unspecified atom stereocenters. The number of aromatic nitrogens is 3. The number of hydrogen-bond donors (Lipinski definition) is 5. The van der Waals surface area contributed by atoms with Gasteiger partial charge in [0.15, 0.2) is 5.75 Å². The van der Waals surface area contributed by atoms with E-state index in [4.69, 9.17) is 21.4 Å². The van der Waals surface area contributed by atoms with Gasteiger partial charge in [-0.3, -0.25) is 4.57 Å². The Kier molecular flexibility index (Phi) is 10.8. The first-order chi connectivity index (χ1) is 39.8. The molecule has 0 saturated heterocycles. The molecule has 9 rings (SSSR count). The predicted octanol–water partition coefficient (Wildman–Crippen LogP) is 16.9. The molecular formula is C66H68N3O5Pt-. The maximum absolute atomic E-state index is 12.5. The molecule has 9 heteroatoms. The Morgan fingerprint density at radius 2 is 1.24 bits per heavy atom. The molecule has 2 aromatic heterocycles. The molecular weight excluding hydrogens is 1110 g/mol. The Bertz CT molecular complexity index is 4080. The first-order valence-corrected chi connectivity index (χ1v) is 24.6. The predicted molar refractivity (Wildman–Crippen MR) is 303 cm³/mol. The first-order valence-electron chi connectivity index (χ1n) is 30.6. The molecule has 0 saturated carbocycles. The smallest absolute Gasteiger partial charge is 0.248 e. The molecule has 0 aliphatic rings. The number of phenolic OH excluding ortho intramolecular Hbond substituents is 2. The molecule has 0 bridgehead atoms. The van der Waals surface area contributed by atoms with Crippen LogP contribution in [0.3, 0.4) is 0 Å². The zero-order chi connectivity index (χ0) is 63.5. The minimum absolute atomic E-state index is 0. The summed E-state index contributed by atoms with van der Waals surface area (Å²) in [7, 11) is 0. The van der Waals surface area contributed by atoms with Gasteiger partial charge >= 0.3 is 0 Å². The summed E-state index contributed by atoms with van der Waals surface area (Å²) in [6, 6.07) is 36.3. The summed E-state index contributed by atoms with van der Waals surface area (Å²) in [6.45, 7) is 9.09. The van der Waals surface area contributed by atoms with E-state index in [0.717, 1.165) is 39.1 Å². The molecule has 0 spiro atoms. The number of phenols is 2. The van der Waals surface area contributed by atoms with E-state index < -0.39 is 89.6 Å². The van der Waals surface area contributed by atoms with Crippen molar-refractivity contribution in [1.82, 2.24) is 14.5 Å². The van der Waals surface area contributed by atoms with Crippen molar-refractivity contribution >= 4 is 11.0 Å². The van der Waals surface area contributed by atoms with Crippen LogP contribution < -0.4 is 0 Å².